The van der Waals surface area contributed by atoms with Crippen molar-refractivity contribution in [3.8, 4) is 0 Å². The molecule has 8 heteroatoms. The Morgan fingerprint density at radius 1 is 1.32 bits per heavy atom. The van der Waals surface area contributed by atoms with Crippen molar-refractivity contribution in [1.82, 2.24) is 0 Å². The maximum absolute atomic E-state index is 12.0. The van der Waals surface area contributed by atoms with E-state index in [-0.39, 0.29) is 18.3 Å². The lowest BCUT2D eigenvalue weighted by molar-refractivity contribution is -0.117. The summed E-state index contributed by atoms with van der Waals surface area (Å²) in [5.74, 6) is 0.0455. The molecule has 0 radical (unpaired) electrons. The van der Waals surface area contributed by atoms with E-state index in [0.29, 0.717) is 23.7 Å². The monoisotopic (exact) mass is 349 g/mol. The Morgan fingerprint density at radius 3 is 2.41 bits per heavy atom. The van der Waals surface area contributed by atoms with E-state index in [4.69, 9.17) is 5.73 Å². The zero-order chi connectivity index (χ0) is 16.2. The van der Waals surface area contributed by atoms with Crippen LogP contribution in [0.2, 0.25) is 0 Å². The van der Waals surface area contributed by atoms with Crippen LogP contribution in [0.4, 0.5) is 11.4 Å². The second-order valence-corrected chi connectivity index (χ2v) is 7.38. The molecular formula is C14H24ClN3O3S. The number of aryl methyl sites for hydroxylation is 1. The highest BCUT2D eigenvalue weighted by Gasteiger charge is 2.15. The van der Waals surface area contributed by atoms with Crippen LogP contribution < -0.4 is 15.8 Å². The van der Waals surface area contributed by atoms with Crippen LogP contribution >= 0.6 is 12.4 Å². The molecular weight excluding hydrogens is 326 g/mol. The van der Waals surface area contributed by atoms with Crippen molar-refractivity contribution in [3.63, 3.8) is 0 Å². The van der Waals surface area contributed by atoms with Crippen LogP contribution in [-0.4, -0.2) is 26.6 Å². The third-order valence-electron chi connectivity index (χ3n) is 2.86. The number of sulfonamides is 1. The van der Waals surface area contributed by atoms with E-state index in [2.05, 4.69) is 10.0 Å². The van der Waals surface area contributed by atoms with Crippen LogP contribution in [0.15, 0.2) is 18.2 Å². The molecule has 0 unspecified atom stereocenters. The minimum atomic E-state index is -3.36. The molecule has 1 rings (SSSR count). The molecule has 1 aromatic carbocycles. The van der Waals surface area contributed by atoms with Crippen molar-refractivity contribution >= 4 is 39.7 Å². The van der Waals surface area contributed by atoms with Gasteiger partial charge in [0.05, 0.1) is 18.0 Å². The van der Waals surface area contributed by atoms with Gasteiger partial charge in [-0.05, 0) is 37.0 Å². The van der Waals surface area contributed by atoms with Crippen molar-refractivity contribution in [3.05, 3.63) is 23.8 Å². The van der Waals surface area contributed by atoms with Crippen molar-refractivity contribution in [2.75, 3.05) is 16.3 Å². The highest BCUT2D eigenvalue weighted by atomic mass is 35.5. The molecule has 1 amide bonds. The first-order valence-electron chi connectivity index (χ1n) is 6.73. The van der Waals surface area contributed by atoms with E-state index in [9.17, 15) is 13.2 Å². The molecule has 0 aliphatic heterocycles. The van der Waals surface area contributed by atoms with Crippen LogP contribution in [0, 0.1) is 12.8 Å². The molecule has 0 saturated heterocycles. The molecule has 1 aromatic rings. The summed E-state index contributed by atoms with van der Waals surface area (Å²) in [6.07, 6.45) is 1.67. The number of rotatable bonds is 6. The van der Waals surface area contributed by atoms with Crippen molar-refractivity contribution in [1.29, 1.82) is 0 Å². The number of carbonyl (C=O) groups excluding carboxylic acids is 1. The number of nitrogens with two attached hydrogens (primary N) is 1. The Labute approximate surface area is 138 Å². The number of hydrogen-bond acceptors (Lipinski definition) is 4. The summed E-state index contributed by atoms with van der Waals surface area (Å²) in [7, 11) is -3.36. The number of halogens is 1. The van der Waals surface area contributed by atoms with Gasteiger partial charge in [0.1, 0.15) is 0 Å². The van der Waals surface area contributed by atoms with Crippen LogP contribution in [0.3, 0.4) is 0 Å². The van der Waals surface area contributed by atoms with Gasteiger partial charge in [-0.1, -0.05) is 19.9 Å². The largest absolute Gasteiger partial charge is 0.325 e. The third-order valence-corrected chi connectivity index (χ3v) is 3.45. The average molecular weight is 350 g/mol. The standard InChI is InChI=1S/C14H23N3O3S.ClH/c1-9(2)7-12(15)14(18)16-11-6-5-10(3)13(8-11)17-21(4,19)20;/h5-6,8-9,12,17H,7,15H2,1-4H3,(H,16,18);1H/t12-;/m0./s1. The van der Waals surface area contributed by atoms with E-state index in [1.54, 1.807) is 25.1 Å². The highest BCUT2D eigenvalue weighted by molar-refractivity contribution is 7.92. The maximum atomic E-state index is 12.0. The summed E-state index contributed by atoms with van der Waals surface area (Å²) in [6.45, 7) is 5.77. The third kappa shape index (κ3) is 7.11. The fourth-order valence-electron chi connectivity index (χ4n) is 1.86. The minimum Gasteiger partial charge on any atom is -0.325 e. The Kier molecular flexibility index (Phi) is 7.86. The molecule has 1 atom stereocenters. The van der Waals surface area contributed by atoms with Crippen molar-refractivity contribution in [2.45, 2.75) is 33.2 Å². The van der Waals surface area contributed by atoms with Gasteiger partial charge >= 0.3 is 0 Å². The van der Waals surface area contributed by atoms with Gasteiger partial charge < -0.3 is 11.1 Å². The maximum Gasteiger partial charge on any atom is 0.241 e. The highest BCUT2D eigenvalue weighted by Crippen LogP contribution is 2.21. The van der Waals surface area contributed by atoms with Gasteiger partial charge in [-0.25, -0.2) is 8.42 Å². The summed E-state index contributed by atoms with van der Waals surface area (Å²) >= 11 is 0. The van der Waals surface area contributed by atoms with Gasteiger partial charge in [-0.2, -0.15) is 0 Å². The molecule has 0 aliphatic carbocycles. The fraction of sp³-hybridized carbons (Fsp3) is 0.500. The second-order valence-electron chi connectivity index (χ2n) is 5.63. The number of carbonyl (C=O) groups is 1. The predicted octanol–water partition coefficient (Wildman–Crippen LogP) is 2.10. The van der Waals surface area contributed by atoms with Gasteiger partial charge in [0.25, 0.3) is 0 Å². The minimum absolute atomic E-state index is 0. The predicted molar refractivity (Wildman–Crippen MR) is 93.0 cm³/mol. The molecule has 0 spiro atoms. The quantitative estimate of drug-likeness (QED) is 0.731. The molecule has 0 fully saturated rings. The van der Waals surface area contributed by atoms with E-state index < -0.39 is 16.1 Å². The van der Waals surface area contributed by atoms with E-state index in [1.165, 1.54) is 0 Å². The van der Waals surface area contributed by atoms with Crippen LogP contribution in [0.5, 0.6) is 0 Å². The van der Waals surface area contributed by atoms with Gasteiger partial charge in [0.15, 0.2) is 0 Å². The molecule has 4 N–H and O–H groups in total. The van der Waals surface area contributed by atoms with Gasteiger partial charge in [-0.15, -0.1) is 12.4 Å². The van der Waals surface area contributed by atoms with Crippen molar-refractivity contribution < 1.29 is 13.2 Å². The van der Waals surface area contributed by atoms with Gasteiger partial charge in [0, 0.05) is 5.69 Å². The Morgan fingerprint density at radius 2 is 1.91 bits per heavy atom. The molecule has 0 aromatic heterocycles. The summed E-state index contributed by atoms with van der Waals surface area (Å²) in [5, 5.41) is 2.70. The van der Waals surface area contributed by atoms with Crippen LogP contribution in [0.1, 0.15) is 25.8 Å². The molecule has 6 nitrogen and oxygen atoms in total. The SMILES string of the molecule is Cc1ccc(NC(=O)[C@@H](N)CC(C)C)cc1NS(C)(=O)=O.Cl. The topological polar surface area (TPSA) is 101 Å². The first kappa shape index (κ1) is 20.7. The fourth-order valence-corrected chi connectivity index (χ4v) is 2.48. The number of nitrogens with one attached hydrogen (secondary N) is 2. The molecule has 126 valence electrons. The first-order chi connectivity index (χ1) is 9.58. The summed E-state index contributed by atoms with van der Waals surface area (Å²) in [6, 6.07) is 4.44. The Bertz CT molecular complexity index is 618. The van der Waals surface area contributed by atoms with Crippen LogP contribution in [0.25, 0.3) is 0 Å². The molecule has 0 aliphatic rings. The molecule has 22 heavy (non-hydrogen) atoms. The zero-order valence-corrected chi connectivity index (χ0v) is 14.8. The summed E-state index contributed by atoms with van der Waals surface area (Å²) in [5.41, 5.74) is 7.53. The summed E-state index contributed by atoms with van der Waals surface area (Å²) in [4.78, 5) is 12.0. The van der Waals surface area contributed by atoms with E-state index in [0.717, 1.165) is 11.8 Å². The van der Waals surface area contributed by atoms with Crippen molar-refractivity contribution in [2.24, 2.45) is 11.7 Å². The lowest BCUT2D eigenvalue weighted by atomic mass is 10.0. The smallest absolute Gasteiger partial charge is 0.241 e. The van der Waals surface area contributed by atoms with Crippen LogP contribution in [-0.2, 0) is 14.8 Å². The lowest BCUT2D eigenvalue weighted by Crippen LogP contribution is -2.36. The molecule has 0 heterocycles. The zero-order valence-electron chi connectivity index (χ0n) is 13.2. The number of hydrogen-bond donors (Lipinski definition) is 3. The normalized spacial score (nSPS) is 12.5. The average Bonchev–Trinajstić information content (AvgIpc) is 2.30. The first-order valence-corrected chi connectivity index (χ1v) is 8.62. The van der Waals surface area contributed by atoms with E-state index in [1.807, 2.05) is 13.8 Å². The Hall–Kier alpha value is -1.31. The number of benzene rings is 1. The van der Waals surface area contributed by atoms with E-state index >= 15 is 0 Å². The number of anilines is 2. The molecule has 0 bridgehead atoms. The summed E-state index contributed by atoms with van der Waals surface area (Å²) < 4.78 is 25.0. The number of amides is 1. The van der Waals surface area contributed by atoms with Gasteiger partial charge in [-0.3, -0.25) is 9.52 Å². The lowest BCUT2D eigenvalue weighted by Gasteiger charge is -2.15. The molecule has 0 saturated carbocycles. The van der Waals surface area contributed by atoms with Gasteiger partial charge in [0.2, 0.25) is 15.9 Å². The Balaban J connectivity index is 0.00000441. The second kappa shape index (κ2) is 8.36.